The number of rotatable bonds is 1. The largest absolute Gasteiger partial charge is 0.175 e. The summed E-state index contributed by atoms with van der Waals surface area (Å²) in [4.78, 5) is 0. The van der Waals surface area contributed by atoms with E-state index in [0.29, 0.717) is 0 Å². The van der Waals surface area contributed by atoms with Crippen LogP contribution >= 0.6 is 28.6 Å². The first-order valence-electron chi connectivity index (χ1n) is 3.10. The Morgan fingerprint density at radius 1 is 1.50 bits per heavy atom. The van der Waals surface area contributed by atoms with E-state index in [2.05, 4.69) is 53.7 Å². The zero-order valence-corrected chi connectivity index (χ0v) is 8.24. The van der Waals surface area contributed by atoms with Gasteiger partial charge >= 0.3 is 0 Å². The standard InChI is InChI=1S/C8H9BrS/c1-6-2-3-7(5-10)4-8(6)9/h2-4,10H,5H2,1H3. The summed E-state index contributed by atoms with van der Waals surface area (Å²) < 4.78 is 1.17. The molecule has 0 spiro atoms. The van der Waals surface area contributed by atoms with E-state index in [1.807, 2.05) is 0 Å². The van der Waals surface area contributed by atoms with E-state index >= 15 is 0 Å². The second kappa shape index (κ2) is 3.44. The van der Waals surface area contributed by atoms with Crippen molar-refractivity contribution in [2.45, 2.75) is 12.7 Å². The maximum Gasteiger partial charge on any atom is 0.0207 e. The molecule has 54 valence electrons. The van der Waals surface area contributed by atoms with Crippen molar-refractivity contribution >= 4 is 28.6 Å². The summed E-state index contributed by atoms with van der Waals surface area (Å²) in [7, 11) is 0. The first-order chi connectivity index (χ1) is 4.74. The van der Waals surface area contributed by atoms with E-state index in [1.165, 1.54) is 15.6 Å². The van der Waals surface area contributed by atoms with Crippen LogP contribution in [-0.2, 0) is 5.75 Å². The normalized spacial score (nSPS) is 9.90. The van der Waals surface area contributed by atoms with Crippen molar-refractivity contribution in [2.75, 3.05) is 0 Å². The molecule has 0 aliphatic carbocycles. The topological polar surface area (TPSA) is 0 Å². The molecule has 1 aromatic rings. The zero-order valence-electron chi connectivity index (χ0n) is 5.76. The van der Waals surface area contributed by atoms with Crippen molar-refractivity contribution in [3.63, 3.8) is 0 Å². The Hall–Kier alpha value is 0.0500. The monoisotopic (exact) mass is 216 g/mol. The SMILES string of the molecule is Cc1ccc(CS)cc1Br. The van der Waals surface area contributed by atoms with Crippen LogP contribution < -0.4 is 0 Å². The molecule has 0 fully saturated rings. The van der Waals surface area contributed by atoms with Gasteiger partial charge in [-0.05, 0) is 24.1 Å². The minimum atomic E-state index is 0.804. The summed E-state index contributed by atoms with van der Waals surface area (Å²) in [5, 5.41) is 0. The smallest absolute Gasteiger partial charge is 0.0207 e. The van der Waals surface area contributed by atoms with Gasteiger partial charge in [0, 0.05) is 10.2 Å². The van der Waals surface area contributed by atoms with E-state index in [0.717, 1.165) is 5.75 Å². The van der Waals surface area contributed by atoms with Gasteiger partial charge in [-0.15, -0.1) is 0 Å². The Kier molecular flexibility index (Phi) is 2.81. The predicted octanol–water partition coefficient (Wildman–Crippen LogP) is 3.19. The van der Waals surface area contributed by atoms with Crippen molar-refractivity contribution in [1.82, 2.24) is 0 Å². The second-order valence-electron chi connectivity index (χ2n) is 2.24. The number of halogens is 1. The first kappa shape index (κ1) is 8.15. The Balaban J connectivity index is 3.04. The lowest BCUT2D eigenvalue weighted by atomic mass is 10.2. The zero-order chi connectivity index (χ0) is 7.56. The van der Waals surface area contributed by atoms with Gasteiger partial charge in [0.2, 0.25) is 0 Å². The highest BCUT2D eigenvalue weighted by molar-refractivity contribution is 9.10. The van der Waals surface area contributed by atoms with Gasteiger partial charge in [0.05, 0.1) is 0 Å². The van der Waals surface area contributed by atoms with E-state index in [4.69, 9.17) is 0 Å². The van der Waals surface area contributed by atoms with Crippen LogP contribution in [-0.4, -0.2) is 0 Å². The molecule has 0 bridgehead atoms. The summed E-state index contributed by atoms with van der Waals surface area (Å²) in [6, 6.07) is 6.28. The average molecular weight is 217 g/mol. The lowest BCUT2D eigenvalue weighted by Crippen LogP contribution is -1.79. The van der Waals surface area contributed by atoms with Crippen LogP contribution in [0, 0.1) is 6.92 Å². The Morgan fingerprint density at radius 3 is 2.70 bits per heavy atom. The van der Waals surface area contributed by atoms with Crippen molar-refractivity contribution in [2.24, 2.45) is 0 Å². The quantitative estimate of drug-likeness (QED) is 0.686. The minimum Gasteiger partial charge on any atom is -0.175 e. The molecule has 0 N–H and O–H groups in total. The van der Waals surface area contributed by atoms with Crippen LogP contribution in [0.2, 0.25) is 0 Å². The lowest BCUT2D eigenvalue weighted by Gasteiger charge is -1.99. The van der Waals surface area contributed by atoms with Crippen LogP contribution in [0.15, 0.2) is 22.7 Å². The number of hydrogen-bond donors (Lipinski definition) is 1. The molecule has 0 amide bonds. The van der Waals surface area contributed by atoms with Gasteiger partial charge in [-0.2, -0.15) is 12.6 Å². The number of benzene rings is 1. The molecule has 0 atom stereocenters. The van der Waals surface area contributed by atoms with Crippen LogP contribution in [0.4, 0.5) is 0 Å². The average Bonchev–Trinajstić information content (AvgIpc) is 1.95. The van der Waals surface area contributed by atoms with Crippen molar-refractivity contribution < 1.29 is 0 Å². The van der Waals surface area contributed by atoms with E-state index in [1.54, 1.807) is 0 Å². The fourth-order valence-corrected chi connectivity index (χ4v) is 1.36. The summed E-state index contributed by atoms with van der Waals surface area (Å²) in [6.45, 7) is 2.08. The van der Waals surface area contributed by atoms with Gasteiger partial charge in [0.25, 0.3) is 0 Å². The molecule has 1 aromatic carbocycles. The maximum absolute atomic E-state index is 4.17. The molecule has 0 nitrogen and oxygen atoms in total. The highest BCUT2D eigenvalue weighted by Gasteiger charge is 1.93. The van der Waals surface area contributed by atoms with Crippen LogP contribution in [0.5, 0.6) is 0 Å². The van der Waals surface area contributed by atoms with Gasteiger partial charge in [-0.1, -0.05) is 28.1 Å². The molecule has 0 aliphatic rings. The highest BCUT2D eigenvalue weighted by atomic mass is 79.9. The summed E-state index contributed by atoms with van der Waals surface area (Å²) >= 11 is 7.62. The third-order valence-corrected chi connectivity index (χ3v) is 2.64. The van der Waals surface area contributed by atoms with Gasteiger partial charge in [-0.3, -0.25) is 0 Å². The summed E-state index contributed by atoms with van der Waals surface area (Å²) in [5.74, 6) is 0.804. The fraction of sp³-hybridized carbons (Fsp3) is 0.250. The molecule has 0 heterocycles. The molecule has 0 saturated heterocycles. The second-order valence-corrected chi connectivity index (χ2v) is 3.41. The lowest BCUT2D eigenvalue weighted by molar-refractivity contribution is 1.35. The highest BCUT2D eigenvalue weighted by Crippen LogP contribution is 2.18. The molecule has 0 aromatic heterocycles. The van der Waals surface area contributed by atoms with Crippen LogP contribution in [0.1, 0.15) is 11.1 Å². The Labute approximate surface area is 75.2 Å². The fourth-order valence-electron chi connectivity index (χ4n) is 0.735. The van der Waals surface area contributed by atoms with E-state index in [-0.39, 0.29) is 0 Å². The number of hydrogen-bond acceptors (Lipinski definition) is 1. The molecule has 10 heavy (non-hydrogen) atoms. The third-order valence-electron chi connectivity index (χ3n) is 1.42. The molecule has 2 heteroatoms. The number of thiol groups is 1. The predicted molar refractivity (Wildman–Crippen MR) is 51.6 cm³/mol. The maximum atomic E-state index is 4.17. The van der Waals surface area contributed by atoms with Gasteiger partial charge in [-0.25, -0.2) is 0 Å². The molecule has 0 unspecified atom stereocenters. The molecule has 0 aliphatic heterocycles. The summed E-state index contributed by atoms with van der Waals surface area (Å²) in [6.07, 6.45) is 0. The third kappa shape index (κ3) is 1.77. The Bertz CT molecular complexity index is 233. The molecular weight excluding hydrogens is 208 g/mol. The van der Waals surface area contributed by atoms with E-state index in [9.17, 15) is 0 Å². The minimum absolute atomic E-state index is 0.804. The van der Waals surface area contributed by atoms with Gasteiger partial charge in [0.15, 0.2) is 0 Å². The van der Waals surface area contributed by atoms with Gasteiger partial charge < -0.3 is 0 Å². The molecule has 0 radical (unpaired) electrons. The van der Waals surface area contributed by atoms with Crippen molar-refractivity contribution in [3.05, 3.63) is 33.8 Å². The summed E-state index contributed by atoms with van der Waals surface area (Å²) in [5.41, 5.74) is 2.52. The van der Waals surface area contributed by atoms with E-state index < -0.39 is 0 Å². The van der Waals surface area contributed by atoms with Crippen molar-refractivity contribution in [3.8, 4) is 0 Å². The molecule has 0 saturated carbocycles. The van der Waals surface area contributed by atoms with Crippen molar-refractivity contribution in [1.29, 1.82) is 0 Å². The molecule has 1 rings (SSSR count). The van der Waals surface area contributed by atoms with Gasteiger partial charge in [0.1, 0.15) is 0 Å². The first-order valence-corrected chi connectivity index (χ1v) is 4.52. The van der Waals surface area contributed by atoms with Crippen LogP contribution in [0.25, 0.3) is 0 Å². The Morgan fingerprint density at radius 2 is 2.20 bits per heavy atom. The van der Waals surface area contributed by atoms with Crippen LogP contribution in [0.3, 0.4) is 0 Å². The molecular formula is C8H9BrS. The number of aryl methyl sites for hydroxylation is 1.